The molecule has 0 fully saturated rings. The van der Waals surface area contributed by atoms with Crippen LogP contribution in [0.4, 0.5) is 4.39 Å². The summed E-state index contributed by atoms with van der Waals surface area (Å²) in [7, 11) is 0. The summed E-state index contributed by atoms with van der Waals surface area (Å²) in [5.74, 6) is -0.466. The van der Waals surface area contributed by atoms with Crippen molar-refractivity contribution >= 4 is 38.7 Å². The molecule has 0 saturated heterocycles. The summed E-state index contributed by atoms with van der Waals surface area (Å²) >= 11 is 3.32. The largest absolute Gasteiger partial charge is 0.293 e. The van der Waals surface area contributed by atoms with Crippen LogP contribution in [0, 0.1) is 5.82 Å². The molecule has 0 amide bonds. The predicted octanol–water partition coefficient (Wildman–Crippen LogP) is 4.12. The summed E-state index contributed by atoms with van der Waals surface area (Å²) in [5.41, 5.74) is 1.25. The molecule has 1 atom stereocenters. The van der Waals surface area contributed by atoms with Crippen molar-refractivity contribution in [1.82, 2.24) is 4.98 Å². The summed E-state index contributed by atoms with van der Waals surface area (Å²) in [4.78, 5) is 15.6. The minimum atomic E-state index is -0.457. The van der Waals surface area contributed by atoms with Gasteiger partial charge in [0.25, 0.3) is 0 Å². The van der Waals surface area contributed by atoms with Crippen molar-refractivity contribution in [3.63, 3.8) is 0 Å². The van der Waals surface area contributed by atoms with E-state index in [9.17, 15) is 9.18 Å². The summed E-state index contributed by atoms with van der Waals surface area (Å²) in [6.45, 7) is 0. The van der Waals surface area contributed by atoms with Gasteiger partial charge in [-0.3, -0.25) is 9.78 Å². The van der Waals surface area contributed by atoms with Gasteiger partial charge in [-0.15, -0.1) is 17.0 Å². The Morgan fingerprint density at radius 3 is 2.44 bits per heavy atom. The number of rotatable bonds is 3. The van der Waals surface area contributed by atoms with E-state index in [1.807, 2.05) is 6.07 Å². The number of aromatic nitrogens is 1. The minimum Gasteiger partial charge on any atom is -0.293 e. The highest BCUT2D eigenvalue weighted by Crippen LogP contribution is 2.26. The molecule has 1 heterocycles. The molecule has 2 nitrogen and oxygen atoms in total. The van der Waals surface area contributed by atoms with Gasteiger partial charge in [0.05, 0.1) is 0 Å². The van der Waals surface area contributed by atoms with Crippen LogP contribution in [0.2, 0.25) is 0 Å². The van der Waals surface area contributed by atoms with E-state index in [-0.39, 0.29) is 28.6 Å². The lowest BCUT2D eigenvalue weighted by Gasteiger charge is -2.08. The summed E-state index contributed by atoms with van der Waals surface area (Å²) in [6, 6.07) is 9.08. The lowest BCUT2D eigenvalue weighted by molar-refractivity contribution is 0.0991. The number of alkyl halides is 1. The van der Waals surface area contributed by atoms with Crippen LogP contribution in [0.15, 0.2) is 48.8 Å². The zero-order valence-corrected chi connectivity index (χ0v) is 12.5. The van der Waals surface area contributed by atoms with E-state index in [1.165, 1.54) is 24.3 Å². The highest BCUT2D eigenvalue weighted by Gasteiger charge is 2.18. The molecular weight excluding hydrogens is 365 g/mol. The number of carbonyl (C=O) groups excluding carboxylic acids is 1. The second kappa shape index (κ2) is 6.75. The number of Topliss-reactive ketones (excluding diaryl/α,β-unsaturated/α-hetero) is 1. The summed E-state index contributed by atoms with van der Waals surface area (Å²) in [6.07, 6.45) is 3.27. The molecule has 2 aromatic rings. The molecular formula is C13H10Br2FNO. The van der Waals surface area contributed by atoms with Gasteiger partial charge in [-0.25, -0.2) is 4.39 Å². The molecule has 94 valence electrons. The number of benzene rings is 1. The van der Waals surface area contributed by atoms with Crippen molar-refractivity contribution in [2.45, 2.75) is 4.83 Å². The molecule has 0 aliphatic carbocycles. The van der Waals surface area contributed by atoms with Crippen LogP contribution in [-0.4, -0.2) is 10.8 Å². The SMILES string of the molecule is Br.O=C(c1ccc(F)cc1)C(Br)c1cccnc1. The monoisotopic (exact) mass is 373 g/mol. The van der Waals surface area contributed by atoms with Crippen LogP contribution in [0.1, 0.15) is 20.7 Å². The van der Waals surface area contributed by atoms with Gasteiger partial charge < -0.3 is 0 Å². The van der Waals surface area contributed by atoms with Crippen molar-refractivity contribution in [3.05, 3.63) is 65.7 Å². The average molecular weight is 375 g/mol. The zero-order valence-electron chi connectivity index (χ0n) is 9.22. The second-order valence-corrected chi connectivity index (χ2v) is 4.44. The first-order chi connectivity index (χ1) is 8.18. The molecule has 1 aromatic heterocycles. The standard InChI is InChI=1S/C13H9BrFNO.BrH/c14-12(10-2-1-7-16-8-10)13(17)9-3-5-11(15)6-4-9;/h1-8,12H;1H. The van der Waals surface area contributed by atoms with Crippen molar-refractivity contribution in [2.75, 3.05) is 0 Å². The van der Waals surface area contributed by atoms with E-state index in [0.29, 0.717) is 5.56 Å². The molecule has 0 saturated carbocycles. The Bertz CT molecular complexity index is 516. The van der Waals surface area contributed by atoms with E-state index in [1.54, 1.807) is 18.5 Å². The molecule has 0 spiro atoms. The lowest BCUT2D eigenvalue weighted by Crippen LogP contribution is -2.07. The van der Waals surface area contributed by atoms with Crippen molar-refractivity contribution < 1.29 is 9.18 Å². The first kappa shape index (κ1) is 15.0. The van der Waals surface area contributed by atoms with E-state index < -0.39 is 4.83 Å². The minimum absolute atomic E-state index is 0. The van der Waals surface area contributed by atoms with Crippen LogP contribution in [-0.2, 0) is 0 Å². The van der Waals surface area contributed by atoms with Gasteiger partial charge in [0.1, 0.15) is 10.6 Å². The van der Waals surface area contributed by atoms with Crippen LogP contribution in [0.5, 0.6) is 0 Å². The first-order valence-electron chi connectivity index (χ1n) is 5.02. The number of nitrogens with zero attached hydrogens (tertiary/aromatic N) is 1. The van der Waals surface area contributed by atoms with Crippen LogP contribution >= 0.6 is 32.9 Å². The molecule has 2 rings (SSSR count). The number of ketones is 1. The quantitative estimate of drug-likeness (QED) is 0.597. The van der Waals surface area contributed by atoms with Crippen LogP contribution in [0.3, 0.4) is 0 Å². The summed E-state index contributed by atoms with van der Waals surface area (Å²) < 4.78 is 12.7. The Hall–Kier alpha value is -1.07. The van der Waals surface area contributed by atoms with Crippen LogP contribution < -0.4 is 0 Å². The predicted molar refractivity (Wildman–Crippen MR) is 77.0 cm³/mol. The maximum Gasteiger partial charge on any atom is 0.180 e. The van der Waals surface area contributed by atoms with E-state index in [4.69, 9.17) is 0 Å². The Morgan fingerprint density at radius 1 is 1.22 bits per heavy atom. The molecule has 0 radical (unpaired) electrons. The van der Waals surface area contributed by atoms with Crippen LogP contribution in [0.25, 0.3) is 0 Å². The molecule has 1 aromatic carbocycles. The molecule has 0 aliphatic rings. The third-order valence-corrected chi connectivity index (χ3v) is 3.28. The van der Waals surface area contributed by atoms with E-state index in [2.05, 4.69) is 20.9 Å². The third kappa shape index (κ3) is 3.46. The Labute approximate surface area is 123 Å². The van der Waals surface area contributed by atoms with Gasteiger partial charge in [-0.2, -0.15) is 0 Å². The van der Waals surface area contributed by atoms with E-state index in [0.717, 1.165) is 5.56 Å². The number of hydrogen-bond acceptors (Lipinski definition) is 2. The average Bonchev–Trinajstić information content (AvgIpc) is 2.39. The Morgan fingerprint density at radius 2 is 1.89 bits per heavy atom. The smallest absolute Gasteiger partial charge is 0.180 e. The zero-order chi connectivity index (χ0) is 12.3. The molecule has 1 unspecified atom stereocenters. The Kier molecular flexibility index (Phi) is 5.62. The maximum absolute atomic E-state index is 12.7. The topological polar surface area (TPSA) is 30.0 Å². The Balaban J connectivity index is 0.00000162. The third-order valence-electron chi connectivity index (χ3n) is 2.34. The first-order valence-corrected chi connectivity index (χ1v) is 5.94. The summed E-state index contributed by atoms with van der Waals surface area (Å²) in [5, 5.41) is 0. The molecule has 0 bridgehead atoms. The fourth-order valence-corrected chi connectivity index (χ4v) is 1.97. The number of halogens is 3. The van der Waals surface area contributed by atoms with E-state index >= 15 is 0 Å². The second-order valence-electron chi connectivity index (χ2n) is 3.52. The van der Waals surface area contributed by atoms with Gasteiger partial charge >= 0.3 is 0 Å². The lowest BCUT2D eigenvalue weighted by atomic mass is 10.0. The van der Waals surface area contributed by atoms with Crippen molar-refractivity contribution in [3.8, 4) is 0 Å². The fourth-order valence-electron chi connectivity index (χ4n) is 1.44. The molecule has 5 heteroatoms. The number of carbonyl (C=O) groups is 1. The normalized spacial score (nSPS) is 11.4. The highest BCUT2D eigenvalue weighted by molar-refractivity contribution is 9.09. The van der Waals surface area contributed by atoms with Crippen molar-refractivity contribution in [1.29, 1.82) is 0 Å². The van der Waals surface area contributed by atoms with Gasteiger partial charge in [-0.05, 0) is 35.9 Å². The molecule has 0 aliphatic heterocycles. The molecule has 0 N–H and O–H groups in total. The van der Waals surface area contributed by atoms with Gasteiger partial charge in [-0.1, -0.05) is 22.0 Å². The molecule has 18 heavy (non-hydrogen) atoms. The fraction of sp³-hybridized carbons (Fsp3) is 0.0769. The van der Waals surface area contributed by atoms with Crippen molar-refractivity contribution in [2.24, 2.45) is 0 Å². The van der Waals surface area contributed by atoms with Gasteiger partial charge in [0.2, 0.25) is 0 Å². The maximum atomic E-state index is 12.7. The van der Waals surface area contributed by atoms with Gasteiger partial charge in [0.15, 0.2) is 5.78 Å². The number of pyridine rings is 1. The number of hydrogen-bond donors (Lipinski definition) is 0. The highest BCUT2D eigenvalue weighted by atomic mass is 79.9. The van der Waals surface area contributed by atoms with Gasteiger partial charge in [0, 0.05) is 18.0 Å².